The minimum Gasteiger partial charge on any atom is -0.481 e. The molecule has 6 nitrogen and oxygen atoms in total. The second-order valence-electron chi connectivity index (χ2n) is 5.39. The van der Waals surface area contributed by atoms with Crippen molar-refractivity contribution in [1.29, 1.82) is 0 Å². The number of amides is 1. The summed E-state index contributed by atoms with van der Waals surface area (Å²) in [5.41, 5.74) is -0.572. The monoisotopic (exact) mass is 273 g/mol. The standard InChI is InChI=1S/C11H15NO5S/c1-11(2)7(8(11)10(14)15)9(13)12-6-3-4-18(16,17)5-6/h3-4,6-8H,5H2,1-2H3,(H,12,13)(H,14,15)/t6?,7-,8+/m1/s1. The van der Waals surface area contributed by atoms with Gasteiger partial charge in [-0.05, 0) is 11.5 Å². The van der Waals surface area contributed by atoms with Crippen molar-refractivity contribution in [3.05, 3.63) is 11.5 Å². The molecule has 3 atom stereocenters. The van der Waals surface area contributed by atoms with Gasteiger partial charge in [-0.15, -0.1) is 0 Å². The van der Waals surface area contributed by atoms with E-state index in [9.17, 15) is 18.0 Å². The van der Waals surface area contributed by atoms with Gasteiger partial charge in [-0.3, -0.25) is 9.59 Å². The Morgan fingerprint density at radius 1 is 1.33 bits per heavy atom. The Hall–Kier alpha value is -1.37. The molecule has 1 saturated carbocycles. The lowest BCUT2D eigenvalue weighted by molar-refractivity contribution is -0.140. The molecule has 1 aliphatic carbocycles. The van der Waals surface area contributed by atoms with Crippen LogP contribution in [0.2, 0.25) is 0 Å². The molecule has 2 N–H and O–H groups in total. The van der Waals surface area contributed by atoms with E-state index in [1.807, 2.05) is 0 Å². The summed E-state index contributed by atoms with van der Waals surface area (Å²) in [6.07, 6.45) is 1.42. The Morgan fingerprint density at radius 2 is 1.94 bits per heavy atom. The number of aliphatic carboxylic acids is 1. The van der Waals surface area contributed by atoms with E-state index < -0.39 is 39.1 Å². The summed E-state index contributed by atoms with van der Waals surface area (Å²) >= 11 is 0. The van der Waals surface area contributed by atoms with Crippen LogP contribution in [0.25, 0.3) is 0 Å². The smallest absolute Gasteiger partial charge is 0.307 e. The summed E-state index contributed by atoms with van der Waals surface area (Å²) in [7, 11) is -3.22. The van der Waals surface area contributed by atoms with Gasteiger partial charge in [0.15, 0.2) is 9.84 Å². The Bertz CT molecular complexity index is 534. The summed E-state index contributed by atoms with van der Waals surface area (Å²) in [5.74, 6) is -2.82. The molecular weight excluding hydrogens is 258 g/mol. The summed E-state index contributed by atoms with van der Waals surface area (Å²) < 4.78 is 22.4. The van der Waals surface area contributed by atoms with E-state index in [1.54, 1.807) is 13.8 Å². The van der Waals surface area contributed by atoms with Crippen LogP contribution in [0.4, 0.5) is 0 Å². The topological polar surface area (TPSA) is 101 Å². The van der Waals surface area contributed by atoms with Crippen LogP contribution < -0.4 is 5.32 Å². The van der Waals surface area contributed by atoms with Crippen molar-refractivity contribution in [2.45, 2.75) is 19.9 Å². The van der Waals surface area contributed by atoms with Crippen molar-refractivity contribution >= 4 is 21.7 Å². The van der Waals surface area contributed by atoms with Gasteiger partial charge in [-0.1, -0.05) is 13.8 Å². The van der Waals surface area contributed by atoms with Crippen LogP contribution in [0.5, 0.6) is 0 Å². The Kier molecular flexibility index (Phi) is 2.77. The maximum Gasteiger partial charge on any atom is 0.307 e. The maximum absolute atomic E-state index is 11.9. The minimum atomic E-state index is -3.22. The first-order chi connectivity index (χ1) is 8.15. The number of carboxylic acid groups (broad SMARTS) is 1. The van der Waals surface area contributed by atoms with Crippen molar-refractivity contribution in [2.75, 3.05) is 5.75 Å². The Labute approximate surface area is 105 Å². The fraction of sp³-hybridized carbons (Fsp3) is 0.636. The van der Waals surface area contributed by atoms with E-state index in [-0.39, 0.29) is 11.7 Å². The molecule has 2 rings (SSSR count). The lowest BCUT2D eigenvalue weighted by Gasteiger charge is -2.10. The van der Waals surface area contributed by atoms with Crippen LogP contribution in [-0.4, -0.2) is 37.2 Å². The van der Waals surface area contributed by atoms with Crippen LogP contribution in [0.1, 0.15) is 13.8 Å². The van der Waals surface area contributed by atoms with Crippen molar-refractivity contribution in [2.24, 2.45) is 17.3 Å². The number of carboxylic acids is 1. The van der Waals surface area contributed by atoms with Crippen LogP contribution in [-0.2, 0) is 19.4 Å². The molecule has 100 valence electrons. The first kappa shape index (κ1) is 13.1. The number of nitrogens with one attached hydrogen (secondary N) is 1. The van der Waals surface area contributed by atoms with Gasteiger partial charge < -0.3 is 10.4 Å². The Balaban J connectivity index is 1.99. The number of sulfone groups is 1. The van der Waals surface area contributed by atoms with Crippen molar-refractivity contribution < 1.29 is 23.1 Å². The first-order valence-corrected chi connectivity index (χ1v) is 7.31. The van der Waals surface area contributed by atoms with E-state index in [0.29, 0.717) is 0 Å². The zero-order chi connectivity index (χ0) is 13.7. The van der Waals surface area contributed by atoms with Crippen molar-refractivity contribution in [3.8, 4) is 0 Å². The highest BCUT2D eigenvalue weighted by molar-refractivity contribution is 7.94. The average molecular weight is 273 g/mol. The van der Waals surface area contributed by atoms with Gasteiger partial charge in [0.25, 0.3) is 0 Å². The quantitative estimate of drug-likeness (QED) is 0.739. The highest BCUT2D eigenvalue weighted by Gasteiger charge is 2.66. The number of hydrogen-bond donors (Lipinski definition) is 2. The molecule has 1 heterocycles. The third kappa shape index (κ3) is 2.14. The molecule has 0 aromatic carbocycles. The summed E-state index contributed by atoms with van der Waals surface area (Å²) in [5, 5.41) is 12.6. The molecule has 1 aliphatic heterocycles. The molecule has 1 fully saturated rings. The highest BCUT2D eigenvalue weighted by Crippen LogP contribution is 2.58. The molecule has 1 amide bonds. The SMILES string of the molecule is CC1(C)[C@H](C(=O)O)[C@@H]1C(=O)NC1C=CS(=O)(=O)C1. The molecule has 18 heavy (non-hydrogen) atoms. The number of rotatable bonds is 3. The summed E-state index contributed by atoms with van der Waals surface area (Å²) in [4.78, 5) is 22.8. The van der Waals surface area contributed by atoms with Crippen molar-refractivity contribution in [1.82, 2.24) is 5.32 Å². The van der Waals surface area contributed by atoms with Gasteiger partial charge in [0.1, 0.15) is 0 Å². The predicted octanol–water partition coefficient (Wildman–Crippen LogP) is -0.230. The van der Waals surface area contributed by atoms with Gasteiger partial charge in [-0.25, -0.2) is 8.42 Å². The number of hydrogen-bond acceptors (Lipinski definition) is 4. The average Bonchev–Trinajstić information content (AvgIpc) is 2.62. The van der Waals surface area contributed by atoms with Gasteiger partial charge in [0.2, 0.25) is 5.91 Å². The Morgan fingerprint density at radius 3 is 2.33 bits per heavy atom. The van der Waals surface area contributed by atoms with E-state index >= 15 is 0 Å². The maximum atomic E-state index is 11.9. The number of carbonyl (C=O) groups excluding carboxylic acids is 1. The predicted molar refractivity (Wildman–Crippen MR) is 63.3 cm³/mol. The van der Waals surface area contributed by atoms with E-state index in [1.165, 1.54) is 6.08 Å². The molecular formula is C11H15NO5S. The third-order valence-electron chi connectivity index (χ3n) is 3.63. The van der Waals surface area contributed by atoms with Gasteiger partial charge in [0.05, 0.1) is 23.6 Å². The van der Waals surface area contributed by atoms with Gasteiger partial charge in [-0.2, -0.15) is 0 Å². The largest absolute Gasteiger partial charge is 0.481 e. The number of carbonyl (C=O) groups is 2. The molecule has 0 spiro atoms. The van der Waals surface area contributed by atoms with Crippen LogP contribution >= 0.6 is 0 Å². The molecule has 0 aromatic rings. The van der Waals surface area contributed by atoms with E-state index in [2.05, 4.69) is 5.32 Å². The first-order valence-electron chi connectivity index (χ1n) is 5.59. The lowest BCUT2D eigenvalue weighted by Crippen LogP contribution is -2.37. The van der Waals surface area contributed by atoms with Crippen LogP contribution in [0.15, 0.2) is 11.5 Å². The molecule has 0 bridgehead atoms. The molecule has 2 aliphatic rings. The fourth-order valence-electron chi connectivity index (χ4n) is 2.53. The third-order valence-corrected chi connectivity index (χ3v) is 5.03. The summed E-state index contributed by atoms with van der Waals surface area (Å²) in [6.45, 7) is 3.44. The zero-order valence-electron chi connectivity index (χ0n) is 10.1. The van der Waals surface area contributed by atoms with Gasteiger partial charge >= 0.3 is 5.97 Å². The van der Waals surface area contributed by atoms with E-state index in [4.69, 9.17) is 5.11 Å². The minimum absolute atomic E-state index is 0.149. The molecule has 1 unspecified atom stereocenters. The van der Waals surface area contributed by atoms with Crippen molar-refractivity contribution in [3.63, 3.8) is 0 Å². The highest BCUT2D eigenvalue weighted by atomic mass is 32.2. The molecule has 0 saturated heterocycles. The second-order valence-corrected chi connectivity index (χ2v) is 7.32. The van der Waals surface area contributed by atoms with Crippen LogP contribution in [0.3, 0.4) is 0 Å². The van der Waals surface area contributed by atoms with Crippen LogP contribution in [0, 0.1) is 17.3 Å². The second kappa shape index (κ2) is 3.81. The zero-order valence-corrected chi connectivity index (χ0v) is 10.9. The molecule has 0 aromatic heterocycles. The van der Waals surface area contributed by atoms with E-state index in [0.717, 1.165) is 5.41 Å². The molecule has 7 heteroatoms. The summed E-state index contributed by atoms with van der Waals surface area (Å²) in [6, 6.07) is -0.548. The lowest BCUT2D eigenvalue weighted by atomic mass is 10.1. The van der Waals surface area contributed by atoms with Gasteiger partial charge in [0, 0.05) is 5.41 Å². The fourth-order valence-corrected chi connectivity index (χ4v) is 3.76. The normalized spacial score (nSPS) is 35.1. The molecule has 0 radical (unpaired) electrons.